The zero-order valence-electron chi connectivity index (χ0n) is 21.9. The Balaban J connectivity index is 1.57. The Kier molecular flexibility index (Phi) is 8.45. The lowest BCUT2D eigenvalue weighted by Crippen LogP contribution is -2.37. The van der Waals surface area contributed by atoms with Crippen molar-refractivity contribution in [1.29, 1.82) is 0 Å². The van der Waals surface area contributed by atoms with Crippen LogP contribution in [0.2, 0.25) is 0 Å². The Hall–Kier alpha value is -4.86. The van der Waals surface area contributed by atoms with Crippen LogP contribution in [0.25, 0.3) is 0 Å². The topological polar surface area (TPSA) is 114 Å². The molecule has 1 N–H and O–H groups in total. The lowest BCUT2D eigenvalue weighted by molar-refractivity contribution is -0.124. The van der Waals surface area contributed by atoms with Crippen LogP contribution in [-0.2, 0) is 20.9 Å². The zero-order valence-corrected chi connectivity index (χ0v) is 21.9. The first-order chi connectivity index (χ1) is 18.8. The maximum absolute atomic E-state index is 13.5. The van der Waals surface area contributed by atoms with Crippen LogP contribution in [0.3, 0.4) is 0 Å². The highest BCUT2D eigenvalue weighted by molar-refractivity contribution is 6.22. The number of nitrogens with zero attached hydrogens (tertiary/aromatic N) is 2. The normalized spacial score (nSPS) is 14.8. The number of benzene rings is 3. The van der Waals surface area contributed by atoms with Crippen molar-refractivity contribution in [3.05, 3.63) is 83.9 Å². The molecule has 202 valence electrons. The minimum atomic E-state index is -1.05. The second-order valence-corrected chi connectivity index (χ2v) is 8.70. The highest BCUT2D eigenvalue weighted by Crippen LogP contribution is 2.30. The molecular weight excluding hydrogens is 502 g/mol. The molecule has 1 fully saturated rings. The maximum atomic E-state index is 13.5. The van der Waals surface area contributed by atoms with Crippen molar-refractivity contribution in [3.63, 3.8) is 0 Å². The van der Waals surface area contributed by atoms with Crippen LogP contribution in [0.15, 0.2) is 72.8 Å². The third kappa shape index (κ3) is 6.18. The van der Waals surface area contributed by atoms with Crippen molar-refractivity contribution >= 4 is 35.2 Å². The quantitative estimate of drug-likeness (QED) is 0.307. The summed E-state index contributed by atoms with van der Waals surface area (Å²) in [5.41, 5.74) is 1.79. The molecule has 1 aliphatic rings. The van der Waals surface area contributed by atoms with Gasteiger partial charge in [0, 0.05) is 12.2 Å². The smallest absolute Gasteiger partial charge is 0.338 e. The van der Waals surface area contributed by atoms with E-state index in [2.05, 4.69) is 5.32 Å². The molecule has 10 nitrogen and oxygen atoms in total. The largest absolute Gasteiger partial charge is 0.497 e. The Labute approximate surface area is 226 Å². The molecule has 4 amide bonds. The van der Waals surface area contributed by atoms with Crippen molar-refractivity contribution in [1.82, 2.24) is 4.90 Å². The molecule has 0 aliphatic carbocycles. The number of methoxy groups -OCH3 is 2. The molecule has 0 aromatic heterocycles. The predicted octanol–water partition coefficient (Wildman–Crippen LogP) is 4.25. The lowest BCUT2D eigenvalue weighted by atomic mass is 10.1. The molecule has 0 radical (unpaired) electrons. The van der Waals surface area contributed by atoms with Gasteiger partial charge < -0.3 is 24.4 Å². The minimum absolute atomic E-state index is 0.109. The van der Waals surface area contributed by atoms with Crippen molar-refractivity contribution < 1.29 is 33.4 Å². The van der Waals surface area contributed by atoms with Crippen LogP contribution in [0.4, 0.5) is 16.2 Å². The number of hydrogen-bond donors (Lipinski definition) is 1. The molecule has 1 heterocycles. The van der Waals surface area contributed by atoms with Crippen molar-refractivity contribution in [2.45, 2.75) is 25.9 Å². The van der Waals surface area contributed by atoms with E-state index in [0.29, 0.717) is 22.9 Å². The fraction of sp³-hybridized carbons (Fsp3) is 0.241. The van der Waals surface area contributed by atoms with Gasteiger partial charge in [0.05, 0.1) is 38.5 Å². The highest BCUT2D eigenvalue weighted by atomic mass is 16.5. The summed E-state index contributed by atoms with van der Waals surface area (Å²) in [7, 11) is 3.08. The number of urea groups is 1. The number of carbonyl (C=O) groups is 4. The van der Waals surface area contributed by atoms with Crippen LogP contribution in [0.5, 0.6) is 11.5 Å². The minimum Gasteiger partial charge on any atom is -0.497 e. The molecule has 0 spiro atoms. The van der Waals surface area contributed by atoms with E-state index in [4.69, 9.17) is 14.2 Å². The Bertz CT molecular complexity index is 1360. The Morgan fingerprint density at radius 1 is 0.897 bits per heavy atom. The van der Waals surface area contributed by atoms with Gasteiger partial charge in [0.15, 0.2) is 0 Å². The molecule has 0 bridgehead atoms. The molecule has 4 rings (SSSR count). The highest BCUT2D eigenvalue weighted by Gasteiger charge is 2.46. The van der Waals surface area contributed by atoms with Crippen LogP contribution in [0, 0.1) is 0 Å². The third-order valence-electron chi connectivity index (χ3n) is 6.20. The summed E-state index contributed by atoms with van der Waals surface area (Å²) in [6.45, 7) is 2.04. The first-order valence-electron chi connectivity index (χ1n) is 12.3. The molecular formula is C29H29N3O7. The summed E-state index contributed by atoms with van der Waals surface area (Å²) in [6, 6.07) is 18.4. The summed E-state index contributed by atoms with van der Waals surface area (Å²) in [4.78, 5) is 54.6. The third-order valence-corrected chi connectivity index (χ3v) is 6.20. The van der Waals surface area contributed by atoms with Crippen LogP contribution < -0.4 is 19.7 Å². The van der Waals surface area contributed by atoms with Gasteiger partial charge in [-0.15, -0.1) is 0 Å². The van der Waals surface area contributed by atoms with E-state index < -0.39 is 29.9 Å². The van der Waals surface area contributed by atoms with Gasteiger partial charge in [-0.25, -0.2) is 14.5 Å². The lowest BCUT2D eigenvalue weighted by Gasteiger charge is -2.22. The number of imide groups is 1. The van der Waals surface area contributed by atoms with E-state index in [0.717, 1.165) is 10.5 Å². The van der Waals surface area contributed by atoms with E-state index in [1.54, 1.807) is 80.8 Å². The molecule has 1 unspecified atom stereocenters. The van der Waals surface area contributed by atoms with Crippen LogP contribution in [-0.4, -0.2) is 55.6 Å². The number of anilines is 2. The average Bonchev–Trinajstić information content (AvgIpc) is 3.17. The van der Waals surface area contributed by atoms with Crippen molar-refractivity contribution in [2.75, 3.05) is 31.0 Å². The molecule has 10 heteroatoms. The van der Waals surface area contributed by atoms with Gasteiger partial charge in [-0.3, -0.25) is 9.59 Å². The first kappa shape index (κ1) is 27.2. The van der Waals surface area contributed by atoms with E-state index in [9.17, 15) is 19.2 Å². The van der Waals surface area contributed by atoms with Gasteiger partial charge in [0.2, 0.25) is 5.91 Å². The number of hydrogen-bond acceptors (Lipinski definition) is 7. The van der Waals surface area contributed by atoms with Gasteiger partial charge in [-0.1, -0.05) is 18.2 Å². The Morgan fingerprint density at radius 3 is 2.15 bits per heavy atom. The Morgan fingerprint density at radius 2 is 1.54 bits per heavy atom. The number of rotatable bonds is 10. The zero-order chi connectivity index (χ0) is 27.9. The van der Waals surface area contributed by atoms with Gasteiger partial charge >= 0.3 is 12.0 Å². The van der Waals surface area contributed by atoms with E-state index in [-0.39, 0.29) is 25.1 Å². The summed E-state index contributed by atoms with van der Waals surface area (Å²) < 4.78 is 15.4. The summed E-state index contributed by atoms with van der Waals surface area (Å²) in [6.07, 6.45) is -0.281. The predicted molar refractivity (Wildman–Crippen MR) is 144 cm³/mol. The van der Waals surface area contributed by atoms with Gasteiger partial charge in [-0.2, -0.15) is 0 Å². The van der Waals surface area contributed by atoms with Gasteiger partial charge in [0.25, 0.3) is 5.91 Å². The van der Waals surface area contributed by atoms with E-state index in [1.807, 2.05) is 0 Å². The molecule has 0 saturated carbocycles. The molecule has 3 aromatic carbocycles. The number of nitrogens with one attached hydrogen (secondary N) is 1. The SMILES string of the molecule is CCOC(=O)c1cccc(NC(=O)CC2C(=O)N(c3ccc(OC)cc3)C(=O)N2Cc2ccc(OC)cc2)c1. The van der Waals surface area contributed by atoms with Gasteiger partial charge in [-0.05, 0) is 67.1 Å². The fourth-order valence-corrected chi connectivity index (χ4v) is 4.24. The van der Waals surface area contributed by atoms with Gasteiger partial charge in [0.1, 0.15) is 17.5 Å². The molecule has 1 atom stereocenters. The van der Waals surface area contributed by atoms with Crippen LogP contribution in [0.1, 0.15) is 29.3 Å². The standard InChI is InChI=1S/C29H29N3O7/c1-4-39-28(35)20-6-5-7-21(16-20)30-26(33)17-25-27(34)32(22-10-14-24(38-3)15-11-22)29(36)31(25)18-19-8-12-23(37-2)13-9-19/h5-16,25H,4,17-18H2,1-3H3,(H,30,33). The fourth-order valence-electron chi connectivity index (χ4n) is 4.24. The summed E-state index contributed by atoms with van der Waals surface area (Å²) >= 11 is 0. The van der Waals surface area contributed by atoms with Crippen molar-refractivity contribution in [3.8, 4) is 11.5 Å². The number of esters is 1. The summed E-state index contributed by atoms with van der Waals surface area (Å²) in [5.74, 6) is -0.282. The van der Waals surface area contributed by atoms with E-state index in [1.165, 1.54) is 18.1 Å². The average molecular weight is 532 g/mol. The molecule has 1 aliphatic heterocycles. The van der Waals surface area contributed by atoms with E-state index >= 15 is 0 Å². The monoisotopic (exact) mass is 531 g/mol. The number of carbonyl (C=O) groups excluding carboxylic acids is 4. The van der Waals surface area contributed by atoms with Crippen LogP contribution >= 0.6 is 0 Å². The second-order valence-electron chi connectivity index (χ2n) is 8.70. The van der Waals surface area contributed by atoms with Crippen molar-refractivity contribution in [2.24, 2.45) is 0 Å². The molecule has 1 saturated heterocycles. The summed E-state index contributed by atoms with van der Waals surface area (Å²) in [5, 5.41) is 2.72. The number of amides is 4. The molecule has 3 aromatic rings. The maximum Gasteiger partial charge on any atom is 0.338 e. The second kappa shape index (κ2) is 12.1. The first-order valence-corrected chi connectivity index (χ1v) is 12.3. The number of ether oxygens (including phenoxy) is 3. The molecule has 39 heavy (non-hydrogen) atoms.